The highest BCUT2D eigenvalue weighted by atomic mass is 19.1. The van der Waals surface area contributed by atoms with E-state index in [1.54, 1.807) is 24.4 Å². The lowest BCUT2D eigenvalue weighted by molar-refractivity contribution is -0.111. The summed E-state index contributed by atoms with van der Waals surface area (Å²) in [5.74, 6) is 0.000109. The Kier molecular flexibility index (Phi) is 3.52. The SMILES string of the molecule is Cc1cn[nH]c1NC(=O)/C=C/c1ccc(F)cc1. The van der Waals surface area contributed by atoms with Crippen LogP contribution >= 0.6 is 0 Å². The summed E-state index contributed by atoms with van der Waals surface area (Å²) in [7, 11) is 0. The van der Waals surface area contributed by atoms with Crippen molar-refractivity contribution >= 4 is 17.8 Å². The molecule has 0 radical (unpaired) electrons. The highest BCUT2D eigenvalue weighted by Gasteiger charge is 2.02. The van der Waals surface area contributed by atoms with Gasteiger partial charge in [-0.3, -0.25) is 9.89 Å². The zero-order valence-electron chi connectivity index (χ0n) is 9.77. The largest absolute Gasteiger partial charge is 0.307 e. The van der Waals surface area contributed by atoms with Crippen LogP contribution in [0.2, 0.25) is 0 Å². The van der Waals surface area contributed by atoms with Crippen molar-refractivity contribution in [3.63, 3.8) is 0 Å². The van der Waals surface area contributed by atoms with Crippen molar-refractivity contribution in [3.05, 3.63) is 53.5 Å². The molecule has 0 spiro atoms. The Balaban J connectivity index is 1.99. The number of aromatic amines is 1. The number of carbonyl (C=O) groups excluding carboxylic acids is 1. The zero-order valence-corrected chi connectivity index (χ0v) is 9.77. The number of carbonyl (C=O) groups is 1. The summed E-state index contributed by atoms with van der Waals surface area (Å²) < 4.78 is 12.7. The molecule has 2 rings (SSSR count). The molecule has 0 aliphatic rings. The molecule has 1 heterocycles. The Morgan fingerprint density at radius 2 is 2.11 bits per heavy atom. The first-order valence-corrected chi connectivity index (χ1v) is 5.40. The lowest BCUT2D eigenvalue weighted by Gasteiger charge is -1.99. The van der Waals surface area contributed by atoms with E-state index in [2.05, 4.69) is 15.5 Å². The topological polar surface area (TPSA) is 57.8 Å². The van der Waals surface area contributed by atoms with Crippen LogP contribution in [0.25, 0.3) is 6.08 Å². The molecule has 0 aliphatic heterocycles. The fourth-order valence-corrected chi connectivity index (χ4v) is 1.38. The molecule has 5 heteroatoms. The van der Waals surface area contributed by atoms with Crippen molar-refractivity contribution in [2.75, 3.05) is 5.32 Å². The van der Waals surface area contributed by atoms with Crippen LogP contribution in [0.15, 0.2) is 36.5 Å². The number of H-pyrrole nitrogens is 1. The van der Waals surface area contributed by atoms with Gasteiger partial charge in [-0.15, -0.1) is 0 Å². The molecule has 0 aliphatic carbocycles. The Hall–Kier alpha value is -2.43. The number of hydrogen-bond donors (Lipinski definition) is 2. The lowest BCUT2D eigenvalue weighted by Crippen LogP contribution is -2.08. The Labute approximate surface area is 104 Å². The van der Waals surface area contributed by atoms with Crippen molar-refractivity contribution in [1.29, 1.82) is 0 Å². The lowest BCUT2D eigenvalue weighted by atomic mass is 10.2. The van der Waals surface area contributed by atoms with Crippen LogP contribution in [-0.2, 0) is 4.79 Å². The van der Waals surface area contributed by atoms with E-state index in [0.717, 1.165) is 11.1 Å². The summed E-state index contributed by atoms with van der Waals surface area (Å²) in [6, 6.07) is 5.88. The van der Waals surface area contributed by atoms with Gasteiger partial charge in [0, 0.05) is 11.6 Å². The second kappa shape index (κ2) is 5.27. The minimum Gasteiger partial charge on any atom is -0.307 e. The maximum atomic E-state index is 12.7. The number of aryl methyl sites for hydroxylation is 1. The number of nitrogens with one attached hydrogen (secondary N) is 2. The number of rotatable bonds is 3. The zero-order chi connectivity index (χ0) is 13.0. The highest BCUT2D eigenvalue weighted by Crippen LogP contribution is 2.09. The van der Waals surface area contributed by atoms with Crippen LogP contribution < -0.4 is 5.32 Å². The summed E-state index contributed by atoms with van der Waals surface area (Å²) in [5.41, 5.74) is 1.62. The number of anilines is 1. The van der Waals surface area contributed by atoms with Gasteiger partial charge >= 0.3 is 0 Å². The van der Waals surface area contributed by atoms with Gasteiger partial charge in [0.25, 0.3) is 0 Å². The second-order valence-corrected chi connectivity index (χ2v) is 3.80. The average molecular weight is 245 g/mol. The first kappa shape index (κ1) is 12.0. The first-order chi connectivity index (χ1) is 8.65. The van der Waals surface area contributed by atoms with Gasteiger partial charge in [-0.2, -0.15) is 5.10 Å². The van der Waals surface area contributed by atoms with Crippen molar-refractivity contribution in [2.45, 2.75) is 6.92 Å². The van der Waals surface area contributed by atoms with Crippen LogP contribution in [0.4, 0.5) is 10.2 Å². The van der Waals surface area contributed by atoms with Gasteiger partial charge in [0.2, 0.25) is 5.91 Å². The third-order valence-electron chi connectivity index (χ3n) is 2.37. The maximum absolute atomic E-state index is 12.7. The van der Waals surface area contributed by atoms with Gasteiger partial charge < -0.3 is 5.32 Å². The first-order valence-electron chi connectivity index (χ1n) is 5.40. The van der Waals surface area contributed by atoms with E-state index in [9.17, 15) is 9.18 Å². The monoisotopic (exact) mass is 245 g/mol. The van der Waals surface area contributed by atoms with Gasteiger partial charge in [0.1, 0.15) is 11.6 Å². The van der Waals surface area contributed by atoms with E-state index in [4.69, 9.17) is 0 Å². The van der Waals surface area contributed by atoms with Crippen LogP contribution in [0.1, 0.15) is 11.1 Å². The Morgan fingerprint density at radius 1 is 1.39 bits per heavy atom. The van der Waals surface area contributed by atoms with E-state index >= 15 is 0 Å². The van der Waals surface area contributed by atoms with Crippen LogP contribution in [0, 0.1) is 12.7 Å². The third kappa shape index (κ3) is 3.04. The highest BCUT2D eigenvalue weighted by molar-refractivity contribution is 6.01. The summed E-state index contributed by atoms with van der Waals surface area (Å²) in [6.45, 7) is 1.84. The molecular formula is C13H12FN3O. The summed E-state index contributed by atoms with van der Waals surface area (Å²) in [6.07, 6.45) is 4.62. The van der Waals surface area contributed by atoms with E-state index in [1.807, 2.05) is 6.92 Å². The molecule has 92 valence electrons. The molecule has 18 heavy (non-hydrogen) atoms. The minimum absolute atomic E-state index is 0.272. The molecule has 0 bridgehead atoms. The Bertz CT molecular complexity index is 572. The number of benzene rings is 1. The van der Waals surface area contributed by atoms with Gasteiger partial charge in [0.15, 0.2) is 0 Å². The molecule has 0 saturated carbocycles. The van der Waals surface area contributed by atoms with Gasteiger partial charge in [-0.25, -0.2) is 4.39 Å². The molecule has 1 aromatic carbocycles. The van der Waals surface area contributed by atoms with Crippen molar-refractivity contribution in [2.24, 2.45) is 0 Å². The van der Waals surface area contributed by atoms with E-state index < -0.39 is 0 Å². The summed E-state index contributed by atoms with van der Waals surface area (Å²) >= 11 is 0. The molecular weight excluding hydrogens is 233 g/mol. The third-order valence-corrected chi connectivity index (χ3v) is 2.37. The minimum atomic E-state index is -0.301. The van der Waals surface area contributed by atoms with Crippen LogP contribution in [0.3, 0.4) is 0 Å². The molecule has 2 N–H and O–H groups in total. The summed E-state index contributed by atoms with van der Waals surface area (Å²) in [4.78, 5) is 11.6. The number of aromatic nitrogens is 2. The van der Waals surface area contributed by atoms with Gasteiger partial charge in [-0.1, -0.05) is 12.1 Å². The molecule has 1 amide bonds. The van der Waals surface area contributed by atoms with E-state index in [-0.39, 0.29) is 11.7 Å². The molecule has 0 atom stereocenters. The average Bonchev–Trinajstić information content (AvgIpc) is 2.74. The molecule has 0 saturated heterocycles. The smallest absolute Gasteiger partial charge is 0.249 e. The number of nitrogens with zero attached hydrogens (tertiary/aromatic N) is 1. The fourth-order valence-electron chi connectivity index (χ4n) is 1.38. The second-order valence-electron chi connectivity index (χ2n) is 3.80. The predicted octanol–water partition coefficient (Wildman–Crippen LogP) is 2.51. The number of halogens is 1. The molecule has 0 fully saturated rings. The van der Waals surface area contributed by atoms with E-state index in [0.29, 0.717) is 5.82 Å². The van der Waals surface area contributed by atoms with Crippen molar-refractivity contribution < 1.29 is 9.18 Å². The molecule has 1 aromatic heterocycles. The molecule has 0 unspecified atom stereocenters. The fraction of sp³-hybridized carbons (Fsp3) is 0.0769. The molecule has 2 aromatic rings. The van der Waals surface area contributed by atoms with Crippen LogP contribution in [0.5, 0.6) is 0 Å². The normalized spacial score (nSPS) is 10.8. The van der Waals surface area contributed by atoms with Gasteiger partial charge in [0.05, 0.1) is 6.20 Å². The maximum Gasteiger partial charge on any atom is 0.249 e. The Morgan fingerprint density at radius 3 is 2.72 bits per heavy atom. The predicted molar refractivity (Wildman–Crippen MR) is 67.4 cm³/mol. The van der Waals surface area contributed by atoms with Crippen molar-refractivity contribution in [1.82, 2.24) is 10.2 Å². The van der Waals surface area contributed by atoms with Crippen LogP contribution in [-0.4, -0.2) is 16.1 Å². The number of amides is 1. The molecule has 4 nitrogen and oxygen atoms in total. The summed E-state index contributed by atoms with van der Waals surface area (Å²) in [5, 5.41) is 9.13. The quantitative estimate of drug-likeness (QED) is 0.816. The van der Waals surface area contributed by atoms with Crippen molar-refractivity contribution in [3.8, 4) is 0 Å². The van der Waals surface area contributed by atoms with E-state index in [1.165, 1.54) is 18.2 Å². The number of hydrogen-bond acceptors (Lipinski definition) is 2. The van der Waals surface area contributed by atoms with Gasteiger partial charge in [-0.05, 0) is 30.7 Å². The standard InChI is InChI=1S/C13H12FN3O/c1-9-8-15-17-13(9)16-12(18)7-4-10-2-5-11(14)6-3-10/h2-8H,1H3,(H2,15,16,17,18)/b7-4+.